The largest absolute Gasteiger partial charge is 0.462 e. The van der Waals surface area contributed by atoms with Crippen LogP contribution in [0, 0.1) is 6.57 Å². The van der Waals surface area contributed by atoms with Crippen molar-refractivity contribution in [1.82, 2.24) is 4.98 Å². The summed E-state index contributed by atoms with van der Waals surface area (Å²) >= 11 is 0. The number of nitrogens with one attached hydrogen (secondary N) is 1. The van der Waals surface area contributed by atoms with Crippen LogP contribution < -0.4 is 0 Å². The van der Waals surface area contributed by atoms with Crippen LogP contribution in [0.3, 0.4) is 0 Å². The maximum atomic E-state index is 11.6. The van der Waals surface area contributed by atoms with Crippen LogP contribution in [0.1, 0.15) is 54.1 Å². The van der Waals surface area contributed by atoms with E-state index in [1.807, 2.05) is 6.92 Å². The van der Waals surface area contributed by atoms with E-state index in [1.54, 1.807) is 20.8 Å². The molecule has 1 aromatic heterocycles. The quantitative estimate of drug-likeness (QED) is 0.459. The highest BCUT2D eigenvalue weighted by atomic mass is 16.5. The summed E-state index contributed by atoms with van der Waals surface area (Å²) in [6.45, 7) is 14.1. The fraction of sp³-hybridized carbons (Fsp3) is 0.529. The number of H-pyrrole nitrogens is 1. The number of rotatable bonds is 7. The molecule has 1 aromatic rings. The van der Waals surface area contributed by atoms with Gasteiger partial charge in [-0.2, -0.15) is 0 Å². The molecule has 0 amide bonds. The van der Waals surface area contributed by atoms with Gasteiger partial charge in [0, 0.05) is 6.20 Å². The fourth-order valence-electron chi connectivity index (χ4n) is 1.87. The smallest absolute Gasteiger partial charge is 0.387 e. The molecule has 1 rings (SSSR count). The van der Waals surface area contributed by atoms with Crippen LogP contribution in [-0.2, 0) is 25.4 Å². The first kappa shape index (κ1) is 22.2. The number of hydrogen-bond acceptors (Lipinski definition) is 6. The standard InChI is InChI=1S/C12H17NO4.C5H7NO2/c1-4-8-9(11(14)16-5-2)7-13-10(8)12(15)17-6-3;1-3-8-5(7)4-6-2/h7,13H,4-6H2,1-3H3;3-4H2,1H3. The molecule has 0 unspecified atom stereocenters. The number of aromatic amines is 1. The van der Waals surface area contributed by atoms with Gasteiger partial charge in [-0.1, -0.05) is 6.92 Å². The number of nitrogens with zero attached hydrogens (tertiary/aromatic N) is 1. The Morgan fingerprint density at radius 1 is 1.00 bits per heavy atom. The molecule has 0 aliphatic heterocycles. The lowest BCUT2D eigenvalue weighted by molar-refractivity contribution is -0.140. The van der Waals surface area contributed by atoms with Gasteiger partial charge in [0.25, 0.3) is 0 Å². The van der Waals surface area contributed by atoms with Crippen molar-refractivity contribution >= 4 is 17.9 Å². The zero-order valence-electron chi connectivity index (χ0n) is 15.0. The van der Waals surface area contributed by atoms with Crippen molar-refractivity contribution in [3.8, 4) is 0 Å². The summed E-state index contributed by atoms with van der Waals surface area (Å²) in [4.78, 5) is 39.0. The van der Waals surface area contributed by atoms with Gasteiger partial charge < -0.3 is 24.0 Å². The van der Waals surface area contributed by atoms with Crippen molar-refractivity contribution in [2.24, 2.45) is 0 Å². The summed E-state index contributed by atoms with van der Waals surface area (Å²) in [5.74, 6) is -1.31. The van der Waals surface area contributed by atoms with E-state index in [-0.39, 0.29) is 6.54 Å². The summed E-state index contributed by atoms with van der Waals surface area (Å²) < 4.78 is 14.2. The van der Waals surface area contributed by atoms with Crippen molar-refractivity contribution in [3.05, 3.63) is 34.4 Å². The molecule has 8 nitrogen and oxygen atoms in total. The highest BCUT2D eigenvalue weighted by Gasteiger charge is 2.21. The van der Waals surface area contributed by atoms with E-state index in [1.165, 1.54) is 6.20 Å². The topological polar surface area (TPSA) is 99.0 Å². The third-order valence-electron chi connectivity index (χ3n) is 2.83. The van der Waals surface area contributed by atoms with Gasteiger partial charge in [0.2, 0.25) is 0 Å². The van der Waals surface area contributed by atoms with Gasteiger partial charge >= 0.3 is 24.5 Å². The minimum Gasteiger partial charge on any atom is -0.462 e. The van der Waals surface area contributed by atoms with Crippen molar-refractivity contribution in [1.29, 1.82) is 0 Å². The summed E-state index contributed by atoms with van der Waals surface area (Å²) in [5.41, 5.74) is 1.37. The molecule has 0 fully saturated rings. The SMILES string of the molecule is CCOC(=O)c1c[nH]c(C(=O)OCC)c1CC.[C-]#[N+]CC(=O)OCC. The molecule has 0 spiro atoms. The van der Waals surface area contributed by atoms with Crippen LogP contribution in [0.2, 0.25) is 0 Å². The number of carbonyl (C=O) groups excluding carboxylic acids is 3. The molecule has 0 saturated carbocycles. The van der Waals surface area contributed by atoms with Crippen molar-refractivity contribution in [2.75, 3.05) is 26.4 Å². The van der Waals surface area contributed by atoms with E-state index in [9.17, 15) is 14.4 Å². The molecule has 0 aliphatic carbocycles. The van der Waals surface area contributed by atoms with E-state index >= 15 is 0 Å². The zero-order valence-corrected chi connectivity index (χ0v) is 15.0. The van der Waals surface area contributed by atoms with Gasteiger partial charge in [0.1, 0.15) is 5.69 Å². The van der Waals surface area contributed by atoms with Crippen LogP contribution in [-0.4, -0.2) is 49.3 Å². The lowest BCUT2D eigenvalue weighted by Gasteiger charge is -2.04. The molecular formula is C17H24N2O6. The third kappa shape index (κ3) is 7.52. The van der Waals surface area contributed by atoms with Crippen molar-refractivity contribution < 1.29 is 28.6 Å². The zero-order chi connectivity index (χ0) is 19.2. The maximum Gasteiger partial charge on any atom is 0.387 e. The average Bonchev–Trinajstić information content (AvgIpc) is 3.00. The average molecular weight is 352 g/mol. The lowest BCUT2D eigenvalue weighted by atomic mass is 10.1. The Morgan fingerprint density at radius 2 is 1.56 bits per heavy atom. The molecule has 1 heterocycles. The molecular weight excluding hydrogens is 328 g/mol. The first-order valence-corrected chi connectivity index (χ1v) is 7.99. The molecule has 0 aliphatic rings. The van der Waals surface area contributed by atoms with E-state index in [4.69, 9.17) is 16.0 Å². The second kappa shape index (κ2) is 12.6. The Kier molecular flexibility index (Phi) is 11.2. The van der Waals surface area contributed by atoms with Gasteiger partial charge in [-0.15, -0.1) is 0 Å². The van der Waals surface area contributed by atoms with Crippen LogP contribution in [0.15, 0.2) is 6.20 Å². The first-order chi connectivity index (χ1) is 12.0. The molecule has 8 heteroatoms. The number of esters is 3. The van der Waals surface area contributed by atoms with Crippen LogP contribution in [0.5, 0.6) is 0 Å². The Bertz CT molecular complexity index is 580. The Balaban J connectivity index is 0.000000609. The maximum absolute atomic E-state index is 11.6. The number of hydrogen-bond donors (Lipinski definition) is 1. The lowest BCUT2D eigenvalue weighted by Crippen LogP contribution is -2.10. The normalized spacial score (nSPS) is 9.24. The van der Waals surface area contributed by atoms with Crippen LogP contribution in [0.4, 0.5) is 0 Å². The second-order valence-corrected chi connectivity index (χ2v) is 4.47. The van der Waals surface area contributed by atoms with Gasteiger partial charge in [-0.25, -0.2) is 21.0 Å². The third-order valence-corrected chi connectivity index (χ3v) is 2.83. The Labute approximate surface area is 147 Å². The van der Waals surface area contributed by atoms with Gasteiger partial charge in [-0.05, 0) is 32.8 Å². The minimum absolute atomic E-state index is 0.159. The fourth-order valence-corrected chi connectivity index (χ4v) is 1.87. The summed E-state index contributed by atoms with van der Waals surface area (Å²) in [5, 5.41) is 0. The van der Waals surface area contributed by atoms with Crippen LogP contribution in [0.25, 0.3) is 4.85 Å². The molecule has 25 heavy (non-hydrogen) atoms. The predicted molar refractivity (Wildman–Crippen MR) is 90.2 cm³/mol. The summed E-state index contributed by atoms with van der Waals surface area (Å²) in [6.07, 6.45) is 2.05. The van der Waals surface area contributed by atoms with Gasteiger partial charge in [0.15, 0.2) is 0 Å². The molecule has 0 bridgehead atoms. The van der Waals surface area contributed by atoms with Gasteiger partial charge in [0.05, 0.1) is 25.4 Å². The summed E-state index contributed by atoms with van der Waals surface area (Å²) in [6, 6.07) is 0. The Hall–Kier alpha value is -2.82. The highest BCUT2D eigenvalue weighted by molar-refractivity contribution is 5.97. The predicted octanol–water partition coefficient (Wildman–Crippen LogP) is 2.40. The Morgan fingerprint density at radius 3 is 2.04 bits per heavy atom. The number of aromatic nitrogens is 1. The number of carbonyl (C=O) groups is 3. The second-order valence-electron chi connectivity index (χ2n) is 4.47. The van der Waals surface area contributed by atoms with Gasteiger partial charge in [-0.3, -0.25) is 0 Å². The van der Waals surface area contributed by atoms with E-state index < -0.39 is 17.9 Å². The molecule has 0 radical (unpaired) electrons. The molecule has 1 N–H and O–H groups in total. The van der Waals surface area contributed by atoms with E-state index in [2.05, 4.69) is 14.6 Å². The van der Waals surface area contributed by atoms with Crippen molar-refractivity contribution in [2.45, 2.75) is 34.1 Å². The van der Waals surface area contributed by atoms with E-state index in [0.717, 1.165) is 0 Å². The minimum atomic E-state index is -0.445. The molecule has 0 aromatic carbocycles. The van der Waals surface area contributed by atoms with Crippen LogP contribution >= 0.6 is 0 Å². The first-order valence-electron chi connectivity index (χ1n) is 7.99. The highest BCUT2D eigenvalue weighted by Crippen LogP contribution is 2.17. The number of ether oxygens (including phenoxy) is 3. The summed E-state index contributed by atoms with van der Waals surface area (Å²) in [7, 11) is 0. The molecule has 138 valence electrons. The van der Waals surface area contributed by atoms with Crippen molar-refractivity contribution in [3.63, 3.8) is 0 Å². The van der Waals surface area contributed by atoms with E-state index in [0.29, 0.717) is 43.1 Å². The monoisotopic (exact) mass is 352 g/mol. The molecule has 0 saturated heterocycles. The molecule has 0 atom stereocenters.